The molecule has 1 heterocycles. The van der Waals surface area contributed by atoms with Gasteiger partial charge in [0.25, 0.3) is 0 Å². The van der Waals surface area contributed by atoms with E-state index in [1.165, 1.54) is 11.8 Å². The van der Waals surface area contributed by atoms with Crippen molar-refractivity contribution < 1.29 is 8.42 Å². The number of aryl methyl sites for hydroxylation is 1. The lowest BCUT2D eigenvalue weighted by atomic mass is 10.2. The standard InChI is InChI=1S/C11H13N3O2S2/c1-7-3-5-8(6-4-7)18(15,16)9-10(12)13-14-11(9)17-2/h3-6H,1-2H3,(H3,12,13,14). The lowest BCUT2D eigenvalue weighted by molar-refractivity contribution is 0.594. The van der Waals surface area contributed by atoms with Gasteiger partial charge in [-0.05, 0) is 25.3 Å². The van der Waals surface area contributed by atoms with E-state index in [1.54, 1.807) is 30.5 Å². The van der Waals surface area contributed by atoms with Gasteiger partial charge in [-0.3, -0.25) is 5.10 Å². The molecule has 2 rings (SSSR count). The van der Waals surface area contributed by atoms with Crippen LogP contribution in [0.4, 0.5) is 5.82 Å². The zero-order chi connectivity index (χ0) is 13.3. The Bertz CT molecular complexity index is 660. The summed E-state index contributed by atoms with van der Waals surface area (Å²) < 4.78 is 24.9. The molecule has 0 saturated heterocycles. The second kappa shape index (κ2) is 4.66. The number of thioether (sulfide) groups is 1. The molecule has 7 heteroatoms. The van der Waals surface area contributed by atoms with E-state index in [1.807, 2.05) is 6.92 Å². The fraction of sp³-hybridized carbons (Fsp3) is 0.182. The first-order valence-corrected chi connectivity index (χ1v) is 7.87. The zero-order valence-corrected chi connectivity index (χ0v) is 11.6. The molecule has 0 fully saturated rings. The van der Waals surface area contributed by atoms with Crippen LogP contribution in [0.1, 0.15) is 5.56 Å². The molecule has 0 atom stereocenters. The Balaban J connectivity index is 2.61. The first-order valence-electron chi connectivity index (χ1n) is 5.16. The summed E-state index contributed by atoms with van der Waals surface area (Å²) in [5.74, 6) is 0.0694. The lowest BCUT2D eigenvalue weighted by Crippen LogP contribution is -2.05. The minimum absolute atomic E-state index is 0.0545. The van der Waals surface area contributed by atoms with Gasteiger partial charge >= 0.3 is 0 Å². The third-order valence-corrected chi connectivity index (χ3v) is 5.16. The van der Waals surface area contributed by atoms with Crippen LogP contribution in [0.15, 0.2) is 39.1 Å². The van der Waals surface area contributed by atoms with E-state index in [0.717, 1.165) is 5.56 Å². The molecule has 0 bridgehead atoms. The molecule has 3 N–H and O–H groups in total. The average Bonchev–Trinajstić information content (AvgIpc) is 2.71. The highest BCUT2D eigenvalue weighted by atomic mass is 32.2. The Morgan fingerprint density at radius 3 is 2.44 bits per heavy atom. The molecule has 1 aromatic heterocycles. The van der Waals surface area contributed by atoms with Gasteiger partial charge in [0.15, 0.2) is 0 Å². The summed E-state index contributed by atoms with van der Waals surface area (Å²) in [6, 6.07) is 6.65. The second-order valence-corrected chi connectivity index (χ2v) is 6.47. The monoisotopic (exact) mass is 283 g/mol. The van der Waals surface area contributed by atoms with Crippen LogP contribution in [0, 0.1) is 6.92 Å². The minimum atomic E-state index is -3.63. The summed E-state index contributed by atoms with van der Waals surface area (Å²) in [6.07, 6.45) is 1.75. The van der Waals surface area contributed by atoms with E-state index in [9.17, 15) is 8.42 Å². The molecule has 0 aliphatic rings. The highest BCUT2D eigenvalue weighted by Gasteiger charge is 2.26. The summed E-state index contributed by atoms with van der Waals surface area (Å²) >= 11 is 1.24. The molecule has 1 aromatic carbocycles. The second-order valence-electron chi connectivity index (χ2n) is 3.79. The minimum Gasteiger partial charge on any atom is -0.383 e. The molecule has 5 nitrogen and oxygen atoms in total. The van der Waals surface area contributed by atoms with Gasteiger partial charge < -0.3 is 5.73 Å². The molecule has 96 valence electrons. The number of sulfone groups is 1. The van der Waals surface area contributed by atoms with E-state index in [0.29, 0.717) is 5.03 Å². The van der Waals surface area contributed by atoms with Gasteiger partial charge in [0.1, 0.15) is 15.7 Å². The lowest BCUT2D eigenvalue weighted by Gasteiger charge is -2.05. The van der Waals surface area contributed by atoms with E-state index in [4.69, 9.17) is 5.73 Å². The number of nitrogen functional groups attached to an aromatic ring is 1. The molecular formula is C11H13N3O2S2. The Morgan fingerprint density at radius 1 is 1.28 bits per heavy atom. The third kappa shape index (κ3) is 2.11. The van der Waals surface area contributed by atoms with Crippen LogP contribution >= 0.6 is 11.8 Å². The molecule has 0 saturated carbocycles. The van der Waals surface area contributed by atoms with Crippen LogP contribution in [0.3, 0.4) is 0 Å². The van der Waals surface area contributed by atoms with E-state index < -0.39 is 9.84 Å². The predicted molar refractivity (Wildman–Crippen MR) is 71.4 cm³/mol. The SMILES string of the molecule is CSc1n[nH]c(N)c1S(=O)(=O)c1ccc(C)cc1. The van der Waals surface area contributed by atoms with Crippen LogP contribution in [0.2, 0.25) is 0 Å². The quantitative estimate of drug-likeness (QED) is 0.839. The maximum absolute atomic E-state index is 12.5. The molecule has 0 radical (unpaired) electrons. The summed E-state index contributed by atoms with van der Waals surface area (Å²) in [4.78, 5) is 0.273. The number of anilines is 1. The molecule has 0 aliphatic heterocycles. The molecule has 0 unspecified atom stereocenters. The van der Waals surface area contributed by atoms with Crippen molar-refractivity contribution in [2.45, 2.75) is 21.7 Å². The zero-order valence-electron chi connectivity index (χ0n) is 9.97. The van der Waals surface area contributed by atoms with Crippen molar-refractivity contribution in [1.82, 2.24) is 10.2 Å². The van der Waals surface area contributed by atoms with Gasteiger partial charge in [-0.25, -0.2) is 8.42 Å². The fourth-order valence-electron chi connectivity index (χ4n) is 1.56. The third-order valence-electron chi connectivity index (χ3n) is 2.51. The first-order chi connectivity index (χ1) is 8.46. The Morgan fingerprint density at radius 2 is 1.89 bits per heavy atom. The number of nitrogens with zero attached hydrogens (tertiary/aromatic N) is 1. The summed E-state index contributed by atoms with van der Waals surface area (Å²) in [5.41, 5.74) is 6.66. The number of H-pyrrole nitrogens is 1. The molecule has 18 heavy (non-hydrogen) atoms. The number of rotatable bonds is 3. The summed E-state index contributed by atoms with van der Waals surface area (Å²) in [5, 5.41) is 6.76. The molecule has 0 amide bonds. The van der Waals surface area contributed by atoms with Gasteiger partial charge in [-0.1, -0.05) is 17.7 Å². The van der Waals surface area contributed by atoms with Crippen molar-refractivity contribution in [1.29, 1.82) is 0 Å². The summed E-state index contributed by atoms with van der Waals surface area (Å²) in [7, 11) is -3.63. The Labute approximate surface area is 110 Å². The van der Waals surface area contributed by atoms with Crippen molar-refractivity contribution in [3.8, 4) is 0 Å². The van der Waals surface area contributed by atoms with Gasteiger partial charge in [-0.15, -0.1) is 11.8 Å². The van der Waals surface area contributed by atoms with Crippen molar-refractivity contribution in [3.63, 3.8) is 0 Å². The van der Waals surface area contributed by atoms with E-state index >= 15 is 0 Å². The highest BCUT2D eigenvalue weighted by Crippen LogP contribution is 2.32. The largest absolute Gasteiger partial charge is 0.383 e. The van der Waals surface area contributed by atoms with Crippen LogP contribution in [-0.2, 0) is 9.84 Å². The number of benzene rings is 1. The van der Waals surface area contributed by atoms with Crippen molar-refractivity contribution in [2.75, 3.05) is 12.0 Å². The van der Waals surface area contributed by atoms with Crippen molar-refractivity contribution in [3.05, 3.63) is 29.8 Å². The number of nitrogens with two attached hydrogens (primary N) is 1. The Kier molecular flexibility index (Phi) is 3.36. The predicted octanol–water partition coefficient (Wildman–Crippen LogP) is 1.86. The molecular weight excluding hydrogens is 270 g/mol. The van der Waals surface area contributed by atoms with E-state index in [-0.39, 0.29) is 15.6 Å². The summed E-state index contributed by atoms with van der Waals surface area (Å²) in [6.45, 7) is 1.90. The van der Waals surface area contributed by atoms with Crippen molar-refractivity contribution in [2.24, 2.45) is 0 Å². The Hall–Kier alpha value is -1.47. The van der Waals surface area contributed by atoms with E-state index in [2.05, 4.69) is 10.2 Å². The topological polar surface area (TPSA) is 88.8 Å². The number of aromatic amines is 1. The van der Waals surface area contributed by atoms with Crippen LogP contribution in [-0.4, -0.2) is 24.9 Å². The molecule has 0 spiro atoms. The van der Waals surface area contributed by atoms with Crippen molar-refractivity contribution >= 4 is 27.4 Å². The van der Waals surface area contributed by atoms with Crippen LogP contribution in [0.5, 0.6) is 0 Å². The number of hydrogen-bond donors (Lipinski definition) is 2. The van der Waals surface area contributed by atoms with Gasteiger partial charge in [0.05, 0.1) is 4.90 Å². The highest BCUT2D eigenvalue weighted by molar-refractivity contribution is 7.99. The van der Waals surface area contributed by atoms with Gasteiger partial charge in [0, 0.05) is 0 Å². The molecule has 2 aromatic rings. The fourth-order valence-corrected chi connectivity index (χ4v) is 3.91. The number of aromatic nitrogens is 2. The van der Waals surface area contributed by atoms with Gasteiger partial charge in [-0.2, -0.15) is 5.10 Å². The smallest absolute Gasteiger partial charge is 0.212 e. The van der Waals surface area contributed by atoms with Crippen LogP contribution < -0.4 is 5.73 Å². The van der Waals surface area contributed by atoms with Gasteiger partial charge in [0.2, 0.25) is 9.84 Å². The average molecular weight is 283 g/mol. The maximum atomic E-state index is 12.5. The normalized spacial score (nSPS) is 11.7. The number of hydrogen-bond acceptors (Lipinski definition) is 5. The molecule has 0 aliphatic carbocycles. The first kappa shape index (κ1) is 13.0. The number of nitrogens with one attached hydrogen (secondary N) is 1. The maximum Gasteiger partial charge on any atom is 0.212 e. The van der Waals surface area contributed by atoms with Crippen LogP contribution in [0.25, 0.3) is 0 Å².